The number of rotatable bonds is 6. The van der Waals surface area contributed by atoms with E-state index in [1.54, 1.807) is 0 Å². The number of aromatic nitrogens is 2. The Morgan fingerprint density at radius 2 is 0.842 bits per heavy atom. The quantitative estimate of drug-likeness (QED) is 0.171. The maximum atomic E-state index is 6.58. The van der Waals surface area contributed by atoms with Crippen molar-refractivity contribution in [3.05, 3.63) is 206 Å². The monoisotopic (exact) mass is 726 g/mol. The molecule has 3 heteroatoms. The van der Waals surface area contributed by atoms with E-state index in [0.29, 0.717) is 5.82 Å². The van der Waals surface area contributed by atoms with Crippen LogP contribution in [0.5, 0.6) is 0 Å². The van der Waals surface area contributed by atoms with Gasteiger partial charge in [0.15, 0.2) is 5.82 Å². The molecule has 0 aliphatic carbocycles. The first-order valence-electron chi connectivity index (χ1n) is 19.3. The number of fused-ring (bicyclic) bond motifs is 5. The smallest absolute Gasteiger partial charge is 0.160 e. The fourth-order valence-corrected chi connectivity index (χ4v) is 8.10. The average Bonchev–Trinajstić information content (AvgIpc) is 3.68. The van der Waals surface area contributed by atoms with E-state index in [4.69, 9.17) is 14.4 Å². The van der Waals surface area contributed by atoms with Crippen LogP contribution in [0.2, 0.25) is 0 Å². The Bertz CT molecular complexity index is 3290. The molecule has 11 aromatic rings. The van der Waals surface area contributed by atoms with E-state index in [1.807, 2.05) is 30.3 Å². The van der Waals surface area contributed by atoms with Gasteiger partial charge in [-0.15, -0.1) is 0 Å². The third-order valence-electron chi connectivity index (χ3n) is 11.0. The van der Waals surface area contributed by atoms with E-state index in [-0.39, 0.29) is 0 Å². The number of hydrogen-bond acceptors (Lipinski definition) is 3. The van der Waals surface area contributed by atoms with E-state index >= 15 is 0 Å². The predicted octanol–water partition coefficient (Wildman–Crippen LogP) is 14.7. The highest BCUT2D eigenvalue weighted by Crippen LogP contribution is 2.40. The number of para-hydroxylation sites is 2. The molecule has 0 aliphatic rings. The summed E-state index contributed by atoms with van der Waals surface area (Å²) in [7, 11) is 0. The zero-order valence-electron chi connectivity index (χ0n) is 30.9. The Labute approximate surface area is 330 Å². The third kappa shape index (κ3) is 6.03. The maximum absolute atomic E-state index is 6.58. The van der Waals surface area contributed by atoms with Crippen molar-refractivity contribution >= 4 is 43.5 Å². The summed E-state index contributed by atoms with van der Waals surface area (Å²) in [6, 6.07) is 72.9. The molecular weight excluding hydrogens is 693 g/mol. The van der Waals surface area contributed by atoms with Gasteiger partial charge in [-0.3, -0.25) is 0 Å². The van der Waals surface area contributed by atoms with Crippen molar-refractivity contribution < 1.29 is 4.42 Å². The topological polar surface area (TPSA) is 38.9 Å². The standard InChI is InChI=1S/C54H34N2O/c1-2-13-39(14-3-1)54-55-50(38-25-21-37(22-26-38)42-27-23-35-11-4-6-15-40(35)29-42)34-51(56-54)46-32-44(43-28-24-36-12-5-7-16-41(36)30-43)31-45(33-46)47-18-10-19-49-48-17-8-9-20-52(48)57-53(47)49/h1-34H. The summed E-state index contributed by atoms with van der Waals surface area (Å²) in [4.78, 5) is 10.5. The van der Waals surface area contributed by atoms with Gasteiger partial charge in [-0.05, 0) is 91.8 Å². The Morgan fingerprint density at radius 3 is 1.58 bits per heavy atom. The van der Waals surface area contributed by atoms with Crippen LogP contribution in [-0.2, 0) is 0 Å². The molecule has 0 N–H and O–H groups in total. The van der Waals surface area contributed by atoms with Gasteiger partial charge in [0.2, 0.25) is 0 Å². The molecule has 0 aliphatic heterocycles. The molecule has 0 atom stereocenters. The summed E-state index contributed by atoms with van der Waals surface area (Å²) in [5.41, 5.74) is 13.1. The van der Waals surface area contributed by atoms with Crippen LogP contribution in [0.25, 0.3) is 111 Å². The Hall–Kier alpha value is -7.62. The largest absolute Gasteiger partial charge is 0.455 e. The molecule has 0 fully saturated rings. The van der Waals surface area contributed by atoms with Gasteiger partial charge >= 0.3 is 0 Å². The van der Waals surface area contributed by atoms with Crippen molar-refractivity contribution in [1.82, 2.24) is 9.97 Å². The molecule has 57 heavy (non-hydrogen) atoms. The van der Waals surface area contributed by atoms with Crippen molar-refractivity contribution in [3.8, 4) is 67.3 Å². The summed E-state index contributed by atoms with van der Waals surface area (Å²) in [5, 5.41) is 7.09. The lowest BCUT2D eigenvalue weighted by Gasteiger charge is -2.14. The maximum Gasteiger partial charge on any atom is 0.160 e. The molecule has 3 nitrogen and oxygen atoms in total. The molecule has 2 heterocycles. The molecule has 0 bridgehead atoms. The predicted molar refractivity (Wildman–Crippen MR) is 237 cm³/mol. The zero-order valence-corrected chi connectivity index (χ0v) is 30.9. The molecule has 266 valence electrons. The lowest BCUT2D eigenvalue weighted by Crippen LogP contribution is -1.96. The number of benzene rings is 9. The van der Waals surface area contributed by atoms with Gasteiger partial charge in [0.1, 0.15) is 11.2 Å². The number of hydrogen-bond donors (Lipinski definition) is 0. The van der Waals surface area contributed by atoms with E-state index in [1.165, 1.54) is 27.1 Å². The Kier molecular flexibility index (Phi) is 7.82. The van der Waals surface area contributed by atoms with Crippen LogP contribution >= 0.6 is 0 Å². The lowest BCUT2D eigenvalue weighted by atomic mass is 9.92. The van der Waals surface area contributed by atoms with Crippen molar-refractivity contribution in [1.29, 1.82) is 0 Å². The summed E-state index contributed by atoms with van der Waals surface area (Å²) in [6.07, 6.45) is 0. The summed E-state index contributed by atoms with van der Waals surface area (Å²) >= 11 is 0. The molecular formula is C54H34N2O. The fraction of sp³-hybridized carbons (Fsp3) is 0. The van der Waals surface area contributed by atoms with E-state index in [2.05, 4.69) is 176 Å². The SMILES string of the molecule is c1ccc(-c2nc(-c3ccc(-c4ccc5ccccc5c4)cc3)cc(-c3cc(-c4ccc5ccccc5c4)cc(-c4cccc5c4oc4ccccc45)c3)n2)cc1. The molecule has 9 aromatic carbocycles. The summed E-state index contributed by atoms with van der Waals surface area (Å²) < 4.78 is 6.58. The number of furan rings is 1. The van der Waals surface area contributed by atoms with Crippen LogP contribution in [0.3, 0.4) is 0 Å². The first kappa shape index (κ1) is 32.8. The fourth-order valence-electron chi connectivity index (χ4n) is 8.10. The van der Waals surface area contributed by atoms with Gasteiger partial charge in [0.05, 0.1) is 11.4 Å². The van der Waals surface area contributed by atoms with Crippen LogP contribution < -0.4 is 0 Å². The first-order chi connectivity index (χ1) is 28.2. The van der Waals surface area contributed by atoms with Gasteiger partial charge in [-0.2, -0.15) is 0 Å². The average molecular weight is 727 g/mol. The Balaban J connectivity index is 1.09. The molecule has 2 aromatic heterocycles. The highest BCUT2D eigenvalue weighted by molar-refractivity contribution is 6.10. The van der Waals surface area contributed by atoms with Gasteiger partial charge in [-0.25, -0.2) is 9.97 Å². The summed E-state index contributed by atoms with van der Waals surface area (Å²) in [6.45, 7) is 0. The third-order valence-corrected chi connectivity index (χ3v) is 11.0. The molecule has 0 unspecified atom stereocenters. The van der Waals surface area contributed by atoms with Crippen molar-refractivity contribution in [2.45, 2.75) is 0 Å². The molecule has 0 spiro atoms. The van der Waals surface area contributed by atoms with Gasteiger partial charge in [0.25, 0.3) is 0 Å². The minimum absolute atomic E-state index is 0.679. The second-order valence-electron chi connectivity index (χ2n) is 14.6. The van der Waals surface area contributed by atoms with Gasteiger partial charge in [0, 0.05) is 33.0 Å². The van der Waals surface area contributed by atoms with Gasteiger partial charge < -0.3 is 4.42 Å². The van der Waals surface area contributed by atoms with E-state index in [9.17, 15) is 0 Å². The highest BCUT2D eigenvalue weighted by Gasteiger charge is 2.17. The molecule has 0 amide bonds. The van der Waals surface area contributed by atoms with Crippen LogP contribution in [0, 0.1) is 0 Å². The highest BCUT2D eigenvalue weighted by atomic mass is 16.3. The first-order valence-corrected chi connectivity index (χ1v) is 19.3. The molecule has 0 radical (unpaired) electrons. The van der Waals surface area contributed by atoms with Crippen molar-refractivity contribution in [2.75, 3.05) is 0 Å². The van der Waals surface area contributed by atoms with E-state index in [0.717, 1.165) is 77.8 Å². The normalized spacial score (nSPS) is 11.5. The van der Waals surface area contributed by atoms with E-state index < -0.39 is 0 Å². The van der Waals surface area contributed by atoms with Crippen LogP contribution in [0.1, 0.15) is 0 Å². The number of nitrogens with zero attached hydrogens (tertiary/aromatic N) is 2. The zero-order chi connectivity index (χ0) is 37.7. The second-order valence-corrected chi connectivity index (χ2v) is 14.6. The van der Waals surface area contributed by atoms with Crippen LogP contribution in [0.4, 0.5) is 0 Å². The second kappa shape index (κ2) is 13.6. The lowest BCUT2D eigenvalue weighted by molar-refractivity contribution is 0.670. The Morgan fingerprint density at radius 1 is 0.298 bits per heavy atom. The molecule has 11 rings (SSSR count). The minimum atomic E-state index is 0.679. The van der Waals surface area contributed by atoms with Crippen molar-refractivity contribution in [2.24, 2.45) is 0 Å². The van der Waals surface area contributed by atoms with Crippen molar-refractivity contribution in [3.63, 3.8) is 0 Å². The summed E-state index contributed by atoms with van der Waals surface area (Å²) in [5.74, 6) is 0.679. The van der Waals surface area contributed by atoms with Gasteiger partial charge in [-0.1, -0.05) is 164 Å². The van der Waals surface area contributed by atoms with Crippen LogP contribution in [-0.4, -0.2) is 9.97 Å². The van der Waals surface area contributed by atoms with Crippen LogP contribution in [0.15, 0.2) is 211 Å². The minimum Gasteiger partial charge on any atom is -0.455 e. The molecule has 0 saturated heterocycles. The molecule has 0 saturated carbocycles.